The van der Waals surface area contributed by atoms with Crippen molar-refractivity contribution in [3.05, 3.63) is 71.3 Å². The predicted octanol–water partition coefficient (Wildman–Crippen LogP) is 3.96. The van der Waals surface area contributed by atoms with Gasteiger partial charge >= 0.3 is 0 Å². The van der Waals surface area contributed by atoms with Crippen LogP contribution in [0.3, 0.4) is 0 Å². The Bertz CT molecular complexity index is 771. The molecule has 5 heteroatoms. The third-order valence-corrected chi connectivity index (χ3v) is 4.85. The van der Waals surface area contributed by atoms with Crippen LogP contribution < -0.4 is 4.74 Å². The zero-order chi connectivity index (χ0) is 19.1. The lowest BCUT2D eigenvalue weighted by Gasteiger charge is -2.35. The Morgan fingerprint density at radius 2 is 1.85 bits per heavy atom. The third-order valence-electron chi connectivity index (χ3n) is 4.61. The summed E-state index contributed by atoms with van der Waals surface area (Å²) in [5.41, 5.74) is 1.21. The SMILES string of the molecule is CC(Oc1cccc(Cl)c1)C(=O)N1CCN(C/C=C/c2ccccc2)CC1. The van der Waals surface area contributed by atoms with E-state index in [0.717, 1.165) is 32.7 Å². The van der Waals surface area contributed by atoms with Crippen LogP contribution in [-0.2, 0) is 4.79 Å². The molecule has 4 nitrogen and oxygen atoms in total. The van der Waals surface area contributed by atoms with Crippen molar-refractivity contribution in [1.82, 2.24) is 9.80 Å². The van der Waals surface area contributed by atoms with Crippen molar-refractivity contribution >= 4 is 23.6 Å². The lowest BCUT2D eigenvalue weighted by atomic mass is 10.2. The Morgan fingerprint density at radius 3 is 2.56 bits per heavy atom. The van der Waals surface area contributed by atoms with Crippen molar-refractivity contribution in [2.45, 2.75) is 13.0 Å². The molecule has 0 spiro atoms. The molecule has 0 bridgehead atoms. The number of amides is 1. The van der Waals surface area contributed by atoms with Crippen molar-refractivity contribution in [2.24, 2.45) is 0 Å². The van der Waals surface area contributed by atoms with Crippen LogP contribution in [0.4, 0.5) is 0 Å². The van der Waals surface area contributed by atoms with E-state index in [9.17, 15) is 4.79 Å². The van der Waals surface area contributed by atoms with Gasteiger partial charge in [-0.1, -0.05) is 60.2 Å². The standard InChI is InChI=1S/C22H25ClN2O2/c1-18(27-21-11-5-10-20(23)17-21)22(26)25-15-13-24(14-16-25)12-6-9-19-7-3-2-4-8-19/h2-11,17-18H,12-16H2,1H3/b9-6+. The lowest BCUT2D eigenvalue weighted by Crippen LogP contribution is -2.51. The van der Waals surface area contributed by atoms with E-state index in [1.807, 2.05) is 35.2 Å². The predicted molar refractivity (Wildman–Crippen MR) is 110 cm³/mol. The summed E-state index contributed by atoms with van der Waals surface area (Å²) in [4.78, 5) is 16.9. The summed E-state index contributed by atoms with van der Waals surface area (Å²) in [5, 5.41) is 0.601. The number of halogens is 1. The number of ether oxygens (including phenoxy) is 1. The summed E-state index contributed by atoms with van der Waals surface area (Å²) in [7, 11) is 0. The average Bonchev–Trinajstić information content (AvgIpc) is 2.69. The first kappa shape index (κ1) is 19.5. The number of benzene rings is 2. The fourth-order valence-electron chi connectivity index (χ4n) is 3.10. The van der Waals surface area contributed by atoms with Crippen LogP contribution in [0.15, 0.2) is 60.7 Å². The van der Waals surface area contributed by atoms with Crippen molar-refractivity contribution in [3.8, 4) is 5.75 Å². The number of nitrogens with zero attached hydrogens (tertiary/aromatic N) is 2. The van der Waals surface area contributed by atoms with Gasteiger partial charge in [0.05, 0.1) is 0 Å². The van der Waals surface area contributed by atoms with Crippen molar-refractivity contribution in [1.29, 1.82) is 0 Å². The normalized spacial score (nSPS) is 16.4. The highest BCUT2D eigenvalue weighted by Crippen LogP contribution is 2.19. The molecule has 1 saturated heterocycles. The highest BCUT2D eigenvalue weighted by molar-refractivity contribution is 6.30. The molecule has 1 aliphatic heterocycles. The quantitative estimate of drug-likeness (QED) is 0.755. The van der Waals surface area contributed by atoms with Crippen LogP contribution in [-0.4, -0.2) is 54.5 Å². The summed E-state index contributed by atoms with van der Waals surface area (Å²) >= 11 is 5.97. The van der Waals surface area contributed by atoms with Gasteiger partial charge in [-0.15, -0.1) is 0 Å². The van der Waals surface area contributed by atoms with Crippen LogP contribution in [0.5, 0.6) is 5.75 Å². The average molecular weight is 385 g/mol. The van der Waals surface area contributed by atoms with Crippen molar-refractivity contribution in [2.75, 3.05) is 32.7 Å². The number of hydrogen-bond donors (Lipinski definition) is 0. The molecular weight excluding hydrogens is 360 g/mol. The molecule has 0 aromatic heterocycles. The zero-order valence-corrected chi connectivity index (χ0v) is 16.3. The number of carbonyl (C=O) groups is 1. The molecule has 2 aromatic carbocycles. The first-order valence-electron chi connectivity index (χ1n) is 9.27. The van der Waals surface area contributed by atoms with Gasteiger partial charge in [-0.25, -0.2) is 0 Å². The number of carbonyl (C=O) groups excluding carboxylic acids is 1. The second kappa shape index (κ2) is 9.58. The molecule has 0 radical (unpaired) electrons. The highest BCUT2D eigenvalue weighted by atomic mass is 35.5. The molecule has 3 rings (SSSR count). The molecule has 142 valence electrons. The number of piperazine rings is 1. The molecule has 2 aromatic rings. The molecule has 1 amide bonds. The molecule has 1 fully saturated rings. The number of rotatable bonds is 6. The molecule has 1 heterocycles. The van der Waals surface area contributed by atoms with E-state index >= 15 is 0 Å². The van der Waals surface area contributed by atoms with Gasteiger partial charge in [0.15, 0.2) is 6.10 Å². The van der Waals surface area contributed by atoms with Gasteiger partial charge in [0.1, 0.15) is 5.75 Å². The summed E-state index contributed by atoms with van der Waals surface area (Å²) in [6.07, 6.45) is 3.80. The molecule has 0 aliphatic carbocycles. The van der Waals surface area contributed by atoms with Gasteiger partial charge in [-0.05, 0) is 30.7 Å². The molecule has 1 atom stereocenters. The second-order valence-corrected chi connectivity index (χ2v) is 7.09. The van der Waals surface area contributed by atoms with Crippen molar-refractivity contribution in [3.63, 3.8) is 0 Å². The fourth-order valence-corrected chi connectivity index (χ4v) is 3.29. The molecule has 27 heavy (non-hydrogen) atoms. The second-order valence-electron chi connectivity index (χ2n) is 6.66. The first-order chi connectivity index (χ1) is 13.1. The molecule has 0 N–H and O–H groups in total. The van der Waals surface area contributed by atoms with Crippen LogP contribution in [0.1, 0.15) is 12.5 Å². The Hall–Kier alpha value is -2.30. The largest absolute Gasteiger partial charge is 0.481 e. The minimum absolute atomic E-state index is 0.0226. The summed E-state index contributed by atoms with van der Waals surface area (Å²) < 4.78 is 5.75. The fraction of sp³-hybridized carbons (Fsp3) is 0.318. The minimum atomic E-state index is -0.520. The van der Waals surface area contributed by atoms with Crippen LogP contribution >= 0.6 is 11.6 Å². The Kier molecular flexibility index (Phi) is 6.91. The van der Waals surface area contributed by atoms with E-state index in [0.29, 0.717) is 10.8 Å². The van der Waals surface area contributed by atoms with E-state index in [1.54, 1.807) is 19.1 Å². The smallest absolute Gasteiger partial charge is 0.263 e. The molecule has 1 unspecified atom stereocenters. The summed E-state index contributed by atoms with van der Waals surface area (Å²) in [6, 6.07) is 17.4. The van der Waals surface area contributed by atoms with Crippen LogP contribution in [0.2, 0.25) is 5.02 Å². The topological polar surface area (TPSA) is 32.8 Å². The Balaban J connectivity index is 1.44. The maximum absolute atomic E-state index is 12.6. The summed E-state index contributed by atoms with van der Waals surface area (Å²) in [6.45, 7) is 5.87. The maximum Gasteiger partial charge on any atom is 0.263 e. The van der Waals surface area contributed by atoms with Gasteiger partial charge in [-0.3, -0.25) is 9.69 Å². The van der Waals surface area contributed by atoms with Crippen LogP contribution in [0, 0.1) is 0 Å². The monoisotopic (exact) mass is 384 g/mol. The van der Waals surface area contributed by atoms with E-state index in [2.05, 4.69) is 29.2 Å². The molecule has 0 saturated carbocycles. The summed E-state index contributed by atoms with van der Waals surface area (Å²) in [5.74, 6) is 0.641. The van der Waals surface area contributed by atoms with Gasteiger partial charge < -0.3 is 9.64 Å². The van der Waals surface area contributed by atoms with Gasteiger partial charge in [0.2, 0.25) is 0 Å². The number of hydrogen-bond acceptors (Lipinski definition) is 3. The van der Waals surface area contributed by atoms with Gasteiger partial charge in [0, 0.05) is 37.7 Å². The Morgan fingerprint density at radius 1 is 1.11 bits per heavy atom. The van der Waals surface area contributed by atoms with E-state index < -0.39 is 6.10 Å². The third kappa shape index (κ3) is 5.84. The van der Waals surface area contributed by atoms with Gasteiger partial charge in [-0.2, -0.15) is 0 Å². The first-order valence-corrected chi connectivity index (χ1v) is 9.64. The van der Waals surface area contributed by atoms with E-state index in [4.69, 9.17) is 16.3 Å². The molecule has 1 aliphatic rings. The minimum Gasteiger partial charge on any atom is -0.481 e. The lowest BCUT2D eigenvalue weighted by molar-refractivity contribution is -0.139. The van der Waals surface area contributed by atoms with Crippen LogP contribution in [0.25, 0.3) is 6.08 Å². The Labute approximate surface area is 166 Å². The highest BCUT2D eigenvalue weighted by Gasteiger charge is 2.25. The van der Waals surface area contributed by atoms with Gasteiger partial charge in [0.25, 0.3) is 5.91 Å². The molecular formula is C22H25ClN2O2. The van der Waals surface area contributed by atoms with Crippen molar-refractivity contribution < 1.29 is 9.53 Å². The van der Waals surface area contributed by atoms with E-state index in [-0.39, 0.29) is 5.91 Å². The maximum atomic E-state index is 12.6. The van der Waals surface area contributed by atoms with E-state index in [1.165, 1.54) is 5.56 Å². The zero-order valence-electron chi connectivity index (χ0n) is 15.6.